The first-order valence-electron chi connectivity index (χ1n) is 7.70. The second kappa shape index (κ2) is 9.78. The fourth-order valence-electron chi connectivity index (χ4n) is 2.21. The zero-order valence-corrected chi connectivity index (χ0v) is 13.3. The van der Waals surface area contributed by atoms with Crippen molar-refractivity contribution in [1.82, 2.24) is 5.32 Å². The van der Waals surface area contributed by atoms with Crippen LogP contribution in [0.15, 0.2) is 24.3 Å². The summed E-state index contributed by atoms with van der Waals surface area (Å²) in [6, 6.07) is 8.78. The van der Waals surface area contributed by atoms with Gasteiger partial charge in [-0.1, -0.05) is 19.1 Å². The van der Waals surface area contributed by atoms with Crippen LogP contribution in [-0.2, 0) is 4.74 Å². The third kappa shape index (κ3) is 5.93. The zero-order valence-electron chi connectivity index (χ0n) is 13.3. The number of rotatable bonds is 10. The maximum Gasteiger partial charge on any atom is 0.119 e. The Hall–Kier alpha value is -1.06. The van der Waals surface area contributed by atoms with Gasteiger partial charge < -0.3 is 14.8 Å². The summed E-state index contributed by atoms with van der Waals surface area (Å²) in [5, 5.41) is 3.62. The number of ether oxygens (including phenoxy) is 2. The average Bonchev–Trinajstić information content (AvgIpc) is 2.47. The van der Waals surface area contributed by atoms with Gasteiger partial charge in [0.1, 0.15) is 5.75 Å². The monoisotopic (exact) mass is 279 g/mol. The molecule has 0 spiro atoms. The highest BCUT2D eigenvalue weighted by Crippen LogP contribution is 2.24. The molecule has 3 nitrogen and oxygen atoms in total. The Bertz CT molecular complexity index is 368. The molecule has 20 heavy (non-hydrogen) atoms. The van der Waals surface area contributed by atoms with Crippen LogP contribution in [0.2, 0.25) is 0 Å². The van der Waals surface area contributed by atoms with Gasteiger partial charge in [-0.05, 0) is 57.4 Å². The highest BCUT2D eigenvalue weighted by molar-refractivity contribution is 5.30. The standard InChI is InChI=1S/C17H29NO2/c1-5-12-18-17(11-10-14(3)19-4)15-8-7-9-16(13-15)20-6-2/h7-9,13-14,17-18H,5-6,10-12H2,1-4H3. The summed E-state index contributed by atoms with van der Waals surface area (Å²) in [7, 11) is 1.77. The highest BCUT2D eigenvalue weighted by Gasteiger charge is 2.13. The maximum absolute atomic E-state index is 5.60. The summed E-state index contributed by atoms with van der Waals surface area (Å²) in [4.78, 5) is 0. The molecule has 2 unspecified atom stereocenters. The molecule has 0 fully saturated rings. The molecule has 0 heterocycles. The lowest BCUT2D eigenvalue weighted by Gasteiger charge is -2.21. The SMILES string of the molecule is CCCNC(CCC(C)OC)c1cccc(OCC)c1. The van der Waals surface area contributed by atoms with Crippen molar-refractivity contribution >= 4 is 0 Å². The molecule has 0 aliphatic carbocycles. The minimum Gasteiger partial charge on any atom is -0.494 e. The van der Waals surface area contributed by atoms with E-state index in [2.05, 4.69) is 37.4 Å². The Balaban J connectivity index is 2.72. The van der Waals surface area contributed by atoms with Crippen LogP contribution < -0.4 is 10.1 Å². The van der Waals surface area contributed by atoms with E-state index in [0.717, 1.165) is 31.6 Å². The molecule has 0 saturated heterocycles. The van der Waals surface area contributed by atoms with E-state index >= 15 is 0 Å². The second-order valence-electron chi connectivity index (χ2n) is 5.14. The average molecular weight is 279 g/mol. The lowest BCUT2D eigenvalue weighted by molar-refractivity contribution is 0.106. The van der Waals surface area contributed by atoms with Crippen molar-refractivity contribution in [1.29, 1.82) is 0 Å². The Morgan fingerprint density at radius 1 is 1.20 bits per heavy atom. The smallest absolute Gasteiger partial charge is 0.119 e. The largest absolute Gasteiger partial charge is 0.494 e. The van der Waals surface area contributed by atoms with Crippen LogP contribution in [0.5, 0.6) is 5.75 Å². The van der Waals surface area contributed by atoms with Gasteiger partial charge in [0.15, 0.2) is 0 Å². The summed E-state index contributed by atoms with van der Waals surface area (Å²) in [5.74, 6) is 0.952. The van der Waals surface area contributed by atoms with Gasteiger partial charge in [0, 0.05) is 13.2 Å². The number of benzene rings is 1. The molecule has 0 aromatic heterocycles. The van der Waals surface area contributed by atoms with Crippen molar-refractivity contribution in [3.63, 3.8) is 0 Å². The summed E-state index contributed by atoms with van der Waals surface area (Å²) >= 11 is 0. The molecule has 1 aromatic carbocycles. The van der Waals surface area contributed by atoms with Crippen molar-refractivity contribution in [3.8, 4) is 5.75 Å². The predicted molar refractivity (Wildman–Crippen MR) is 84.4 cm³/mol. The normalized spacial score (nSPS) is 14.0. The van der Waals surface area contributed by atoms with E-state index in [1.807, 2.05) is 13.0 Å². The summed E-state index contributed by atoms with van der Waals surface area (Å²) < 4.78 is 10.9. The molecule has 0 aliphatic heterocycles. The van der Waals surface area contributed by atoms with Gasteiger partial charge in [-0.25, -0.2) is 0 Å². The minimum absolute atomic E-state index is 0.302. The molecule has 114 valence electrons. The van der Waals surface area contributed by atoms with E-state index in [-0.39, 0.29) is 0 Å². The molecule has 0 saturated carbocycles. The van der Waals surface area contributed by atoms with E-state index < -0.39 is 0 Å². The van der Waals surface area contributed by atoms with Crippen LogP contribution in [0, 0.1) is 0 Å². The van der Waals surface area contributed by atoms with E-state index in [4.69, 9.17) is 9.47 Å². The fourth-order valence-corrected chi connectivity index (χ4v) is 2.21. The van der Waals surface area contributed by atoms with Crippen molar-refractivity contribution in [3.05, 3.63) is 29.8 Å². The minimum atomic E-state index is 0.302. The molecule has 0 bridgehead atoms. The molecular formula is C17H29NO2. The first-order valence-corrected chi connectivity index (χ1v) is 7.70. The Kier molecular flexibility index (Phi) is 8.31. The molecule has 3 heteroatoms. The molecule has 0 aliphatic rings. The molecule has 0 amide bonds. The summed E-state index contributed by atoms with van der Waals surface area (Å²) in [5.41, 5.74) is 1.30. The van der Waals surface area contributed by atoms with Crippen LogP contribution in [0.25, 0.3) is 0 Å². The van der Waals surface area contributed by atoms with Crippen molar-refractivity contribution in [2.75, 3.05) is 20.3 Å². The second-order valence-corrected chi connectivity index (χ2v) is 5.14. The van der Waals surface area contributed by atoms with Crippen molar-refractivity contribution < 1.29 is 9.47 Å². The molecule has 0 radical (unpaired) electrons. The number of nitrogens with one attached hydrogen (secondary N) is 1. The zero-order chi connectivity index (χ0) is 14.8. The van der Waals surface area contributed by atoms with Gasteiger partial charge in [-0.3, -0.25) is 0 Å². The van der Waals surface area contributed by atoms with Crippen LogP contribution in [-0.4, -0.2) is 26.4 Å². The van der Waals surface area contributed by atoms with Crippen LogP contribution in [0.1, 0.15) is 51.6 Å². The molecule has 1 aromatic rings. The highest BCUT2D eigenvalue weighted by atomic mass is 16.5. The molecule has 1 rings (SSSR count). The third-order valence-electron chi connectivity index (χ3n) is 3.48. The van der Waals surface area contributed by atoms with E-state index in [0.29, 0.717) is 18.8 Å². The summed E-state index contributed by atoms with van der Waals surface area (Å²) in [6.07, 6.45) is 3.57. The fraction of sp³-hybridized carbons (Fsp3) is 0.647. The van der Waals surface area contributed by atoms with Gasteiger partial charge in [-0.15, -0.1) is 0 Å². The van der Waals surface area contributed by atoms with Gasteiger partial charge >= 0.3 is 0 Å². The first kappa shape index (κ1) is 17.0. The predicted octanol–water partition coefficient (Wildman–Crippen LogP) is 3.94. The Morgan fingerprint density at radius 3 is 2.65 bits per heavy atom. The number of hydrogen-bond donors (Lipinski definition) is 1. The summed E-state index contributed by atoms with van der Waals surface area (Å²) in [6.45, 7) is 8.06. The quantitative estimate of drug-likeness (QED) is 0.703. The van der Waals surface area contributed by atoms with Crippen LogP contribution in [0.3, 0.4) is 0 Å². The first-order chi connectivity index (χ1) is 9.71. The number of methoxy groups -OCH3 is 1. The lowest BCUT2D eigenvalue weighted by atomic mass is 10.00. The van der Waals surface area contributed by atoms with E-state index in [9.17, 15) is 0 Å². The number of hydrogen-bond acceptors (Lipinski definition) is 3. The third-order valence-corrected chi connectivity index (χ3v) is 3.48. The Labute approximate surface area is 123 Å². The molecule has 1 N–H and O–H groups in total. The Morgan fingerprint density at radius 2 is 2.00 bits per heavy atom. The van der Waals surface area contributed by atoms with E-state index in [1.54, 1.807) is 7.11 Å². The van der Waals surface area contributed by atoms with Gasteiger partial charge in [0.2, 0.25) is 0 Å². The van der Waals surface area contributed by atoms with E-state index in [1.165, 1.54) is 5.56 Å². The molecular weight excluding hydrogens is 250 g/mol. The molecule has 2 atom stereocenters. The van der Waals surface area contributed by atoms with Gasteiger partial charge in [0.05, 0.1) is 12.7 Å². The van der Waals surface area contributed by atoms with Crippen LogP contribution in [0.4, 0.5) is 0 Å². The van der Waals surface area contributed by atoms with Gasteiger partial charge in [0.25, 0.3) is 0 Å². The van der Waals surface area contributed by atoms with Crippen molar-refractivity contribution in [2.24, 2.45) is 0 Å². The topological polar surface area (TPSA) is 30.5 Å². The lowest BCUT2D eigenvalue weighted by Crippen LogP contribution is -2.23. The maximum atomic E-state index is 5.60. The van der Waals surface area contributed by atoms with Crippen LogP contribution >= 0.6 is 0 Å². The van der Waals surface area contributed by atoms with Gasteiger partial charge in [-0.2, -0.15) is 0 Å². The van der Waals surface area contributed by atoms with Crippen molar-refractivity contribution in [2.45, 2.75) is 52.2 Å².